The van der Waals surface area contributed by atoms with Gasteiger partial charge in [0.1, 0.15) is 5.57 Å². The number of benzene rings is 2. The first-order valence-electron chi connectivity index (χ1n) is 9.45. The molecular weight excluding hydrogens is 450 g/mol. The molecule has 1 aromatic heterocycles. The molecule has 0 saturated carbocycles. The first kappa shape index (κ1) is 21.5. The van der Waals surface area contributed by atoms with Gasteiger partial charge in [-0.05, 0) is 73.2 Å². The molecular formula is C23H16ClN3O4S. The van der Waals surface area contributed by atoms with Crippen molar-refractivity contribution in [1.29, 1.82) is 0 Å². The second-order valence-corrected chi connectivity index (χ2v) is 7.79. The van der Waals surface area contributed by atoms with E-state index >= 15 is 0 Å². The quantitative estimate of drug-likeness (QED) is 0.345. The zero-order valence-electron chi connectivity index (χ0n) is 16.7. The Morgan fingerprint density at radius 2 is 1.88 bits per heavy atom. The maximum absolute atomic E-state index is 13.3. The number of halogens is 1. The molecule has 2 heterocycles. The highest BCUT2D eigenvalue weighted by molar-refractivity contribution is 7.80. The number of aromatic carboxylic acids is 1. The van der Waals surface area contributed by atoms with Gasteiger partial charge in [-0.15, -0.1) is 0 Å². The van der Waals surface area contributed by atoms with Gasteiger partial charge in [0.15, 0.2) is 5.11 Å². The predicted octanol–water partition coefficient (Wildman–Crippen LogP) is 3.97. The summed E-state index contributed by atoms with van der Waals surface area (Å²) in [5.74, 6) is -2.26. The summed E-state index contributed by atoms with van der Waals surface area (Å²) in [6.45, 7) is 1.76. The molecule has 0 bridgehead atoms. The topological polar surface area (TPSA) is 91.6 Å². The minimum atomic E-state index is -1.05. The molecule has 32 heavy (non-hydrogen) atoms. The van der Waals surface area contributed by atoms with Crippen molar-refractivity contribution in [2.75, 3.05) is 4.90 Å². The number of rotatable bonds is 4. The van der Waals surface area contributed by atoms with Crippen LogP contribution in [0, 0.1) is 6.92 Å². The Kier molecular flexibility index (Phi) is 5.65. The van der Waals surface area contributed by atoms with Crippen molar-refractivity contribution in [2.45, 2.75) is 6.92 Å². The zero-order valence-corrected chi connectivity index (χ0v) is 18.3. The van der Waals surface area contributed by atoms with Crippen molar-refractivity contribution in [3.05, 3.63) is 88.2 Å². The van der Waals surface area contributed by atoms with Gasteiger partial charge in [-0.25, -0.2) is 4.79 Å². The van der Waals surface area contributed by atoms with Gasteiger partial charge in [-0.2, -0.15) is 0 Å². The van der Waals surface area contributed by atoms with Crippen molar-refractivity contribution >= 4 is 58.5 Å². The van der Waals surface area contributed by atoms with E-state index in [0.717, 1.165) is 0 Å². The smallest absolute Gasteiger partial charge is 0.335 e. The molecule has 1 aliphatic heterocycles. The Morgan fingerprint density at radius 1 is 1.12 bits per heavy atom. The van der Waals surface area contributed by atoms with Crippen LogP contribution in [0.3, 0.4) is 0 Å². The lowest BCUT2D eigenvalue weighted by Gasteiger charge is -2.30. The second kappa shape index (κ2) is 8.41. The Bertz CT molecular complexity index is 1330. The Balaban J connectivity index is 1.77. The number of hydrogen-bond acceptors (Lipinski definition) is 4. The Hall–Kier alpha value is -3.75. The number of carbonyl (C=O) groups is 3. The predicted molar refractivity (Wildman–Crippen MR) is 125 cm³/mol. The molecule has 0 aliphatic carbocycles. The van der Waals surface area contributed by atoms with Gasteiger partial charge in [0.25, 0.3) is 11.8 Å². The highest BCUT2D eigenvalue weighted by atomic mass is 35.5. The number of carboxylic acids is 1. The van der Waals surface area contributed by atoms with Crippen LogP contribution in [-0.2, 0) is 9.59 Å². The van der Waals surface area contributed by atoms with E-state index in [1.165, 1.54) is 23.1 Å². The maximum atomic E-state index is 13.3. The normalized spacial score (nSPS) is 15.2. The van der Waals surface area contributed by atoms with Crippen LogP contribution in [0.2, 0.25) is 5.02 Å². The van der Waals surface area contributed by atoms with E-state index in [-0.39, 0.29) is 16.2 Å². The maximum Gasteiger partial charge on any atom is 0.335 e. The van der Waals surface area contributed by atoms with Gasteiger partial charge >= 0.3 is 5.97 Å². The van der Waals surface area contributed by atoms with Crippen molar-refractivity contribution in [1.82, 2.24) is 9.88 Å². The van der Waals surface area contributed by atoms with E-state index in [9.17, 15) is 19.5 Å². The molecule has 2 N–H and O–H groups in total. The SMILES string of the molecule is Cc1c(Cl)cccc1N1C(=O)/C(=C\c2cccn2-c2cccc(C(=O)O)c2)C(=O)NC1=S. The van der Waals surface area contributed by atoms with E-state index in [0.29, 0.717) is 27.7 Å². The van der Waals surface area contributed by atoms with Crippen molar-refractivity contribution in [2.24, 2.45) is 0 Å². The number of anilines is 1. The third-order valence-corrected chi connectivity index (χ3v) is 5.72. The summed E-state index contributed by atoms with van der Waals surface area (Å²) in [5.41, 5.74) is 2.21. The van der Waals surface area contributed by atoms with Crippen LogP contribution in [0.5, 0.6) is 0 Å². The number of hydrogen-bond donors (Lipinski definition) is 2. The van der Waals surface area contributed by atoms with E-state index in [4.69, 9.17) is 23.8 Å². The molecule has 4 rings (SSSR count). The summed E-state index contributed by atoms with van der Waals surface area (Å²) in [6, 6.07) is 14.9. The molecule has 1 saturated heterocycles. The first-order chi connectivity index (χ1) is 15.3. The monoisotopic (exact) mass is 465 g/mol. The average Bonchev–Trinajstić information content (AvgIpc) is 3.22. The number of nitrogens with zero attached hydrogens (tertiary/aromatic N) is 2. The minimum Gasteiger partial charge on any atom is -0.478 e. The lowest BCUT2D eigenvalue weighted by molar-refractivity contribution is -0.122. The van der Waals surface area contributed by atoms with Crippen LogP contribution < -0.4 is 10.2 Å². The van der Waals surface area contributed by atoms with Crippen LogP contribution in [0.25, 0.3) is 11.8 Å². The summed E-state index contributed by atoms with van der Waals surface area (Å²) in [6.07, 6.45) is 3.15. The van der Waals surface area contributed by atoms with Gasteiger partial charge in [0.2, 0.25) is 0 Å². The van der Waals surface area contributed by atoms with Crippen LogP contribution in [-0.4, -0.2) is 32.6 Å². The van der Waals surface area contributed by atoms with E-state index in [1.807, 2.05) is 0 Å². The molecule has 0 atom stereocenters. The van der Waals surface area contributed by atoms with Crippen molar-refractivity contribution in [3.8, 4) is 5.69 Å². The number of amides is 2. The van der Waals surface area contributed by atoms with Gasteiger partial charge in [-0.3, -0.25) is 19.8 Å². The molecule has 7 nitrogen and oxygen atoms in total. The van der Waals surface area contributed by atoms with Crippen LogP contribution in [0.4, 0.5) is 5.69 Å². The first-order valence-corrected chi connectivity index (χ1v) is 10.2. The van der Waals surface area contributed by atoms with Gasteiger partial charge in [0, 0.05) is 22.6 Å². The fourth-order valence-corrected chi connectivity index (χ4v) is 3.84. The molecule has 1 fully saturated rings. The van der Waals surface area contributed by atoms with Crippen LogP contribution in [0.1, 0.15) is 21.6 Å². The fourth-order valence-electron chi connectivity index (χ4n) is 3.40. The molecule has 160 valence electrons. The molecule has 3 aromatic rings. The molecule has 2 aromatic carbocycles. The number of nitrogens with one attached hydrogen (secondary N) is 1. The van der Waals surface area contributed by atoms with Crippen molar-refractivity contribution in [3.63, 3.8) is 0 Å². The minimum absolute atomic E-state index is 0.0351. The highest BCUT2D eigenvalue weighted by Crippen LogP contribution is 2.30. The molecule has 0 spiro atoms. The standard InChI is InChI=1S/C23H16ClN3O4S/c1-13-18(24)8-3-9-19(13)27-21(29)17(20(28)25-23(27)32)12-16-7-4-10-26(16)15-6-2-5-14(11-15)22(30)31/h2-12H,1H3,(H,30,31)(H,25,28,32)/b17-12-. The number of carbonyl (C=O) groups excluding carboxylic acids is 2. The summed E-state index contributed by atoms with van der Waals surface area (Å²) in [5, 5.41) is 12.2. The van der Waals surface area contributed by atoms with Gasteiger partial charge in [0.05, 0.1) is 11.3 Å². The third kappa shape index (κ3) is 3.81. The van der Waals surface area contributed by atoms with E-state index < -0.39 is 17.8 Å². The van der Waals surface area contributed by atoms with Crippen molar-refractivity contribution < 1.29 is 19.5 Å². The Morgan fingerprint density at radius 3 is 2.62 bits per heavy atom. The highest BCUT2D eigenvalue weighted by Gasteiger charge is 2.35. The van der Waals surface area contributed by atoms with E-state index in [1.54, 1.807) is 60.2 Å². The largest absolute Gasteiger partial charge is 0.478 e. The zero-order chi connectivity index (χ0) is 23.0. The molecule has 0 radical (unpaired) electrons. The van der Waals surface area contributed by atoms with Crippen LogP contribution in [0.15, 0.2) is 66.4 Å². The third-order valence-electron chi connectivity index (χ3n) is 5.03. The lowest BCUT2D eigenvalue weighted by Crippen LogP contribution is -2.54. The molecule has 1 aliphatic rings. The van der Waals surface area contributed by atoms with Gasteiger partial charge < -0.3 is 9.67 Å². The fraction of sp³-hybridized carbons (Fsp3) is 0.0435. The number of carboxylic acid groups (broad SMARTS) is 1. The number of aromatic nitrogens is 1. The van der Waals surface area contributed by atoms with E-state index in [2.05, 4.69) is 5.32 Å². The lowest BCUT2D eigenvalue weighted by atomic mass is 10.1. The Labute approximate surface area is 193 Å². The average molecular weight is 466 g/mol. The van der Waals surface area contributed by atoms with Crippen LogP contribution >= 0.6 is 23.8 Å². The molecule has 2 amide bonds. The van der Waals surface area contributed by atoms with Gasteiger partial charge in [-0.1, -0.05) is 23.7 Å². The molecule has 9 heteroatoms. The summed E-state index contributed by atoms with van der Waals surface area (Å²) >= 11 is 11.5. The summed E-state index contributed by atoms with van der Waals surface area (Å²) in [4.78, 5) is 38.5. The number of thiocarbonyl (C=S) groups is 1. The summed E-state index contributed by atoms with van der Waals surface area (Å²) < 4.78 is 1.68. The summed E-state index contributed by atoms with van der Waals surface area (Å²) in [7, 11) is 0. The second-order valence-electron chi connectivity index (χ2n) is 7.00. The molecule has 0 unspecified atom stereocenters.